The van der Waals surface area contributed by atoms with E-state index in [1.54, 1.807) is 54.1 Å². The number of benzene rings is 2. The lowest BCUT2D eigenvalue weighted by molar-refractivity contribution is -0.139. The molecule has 1 heterocycles. The number of aromatic nitrogens is 1. The molecule has 0 saturated carbocycles. The lowest BCUT2D eigenvalue weighted by Gasteiger charge is -2.20. The number of amides is 1. The van der Waals surface area contributed by atoms with E-state index in [9.17, 15) is 19.8 Å². The van der Waals surface area contributed by atoms with Gasteiger partial charge in [0.15, 0.2) is 0 Å². The molecule has 0 spiro atoms. The van der Waals surface area contributed by atoms with Crippen LogP contribution in [-0.4, -0.2) is 33.3 Å². The van der Waals surface area contributed by atoms with E-state index in [0.29, 0.717) is 32.3 Å². The van der Waals surface area contributed by atoms with Crippen LogP contribution in [0.3, 0.4) is 0 Å². The summed E-state index contributed by atoms with van der Waals surface area (Å²) in [7, 11) is 1.75. The van der Waals surface area contributed by atoms with Gasteiger partial charge in [-0.3, -0.25) is 9.59 Å². The molecule has 2 aromatic carbocycles. The predicted octanol–water partition coefficient (Wildman–Crippen LogP) is 4.77. The number of halogens is 2. The lowest BCUT2D eigenvalue weighted by atomic mass is 9.88. The van der Waals surface area contributed by atoms with Crippen LogP contribution in [0, 0.1) is 5.92 Å². The third kappa shape index (κ3) is 4.56. The smallest absolute Gasteiger partial charge is 0.311 e. The Morgan fingerprint density at radius 2 is 1.68 bits per heavy atom. The molecule has 1 aromatic heterocycles. The van der Waals surface area contributed by atoms with Crippen molar-refractivity contribution in [1.29, 1.82) is 0 Å². The molecule has 8 heteroatoms. The number of carbonyl (C=O) groups is 2. The van der Waals surface area contributed by atoms with Crippen LogP contribution in [0.25, 0.3) is 10.9 Å². The van der Waals surface area contributed by atoms with Gasteiger partial charge in [-0.1, -0.05) is 61.3 Å². The van der Waals surface area contributed by atoms with Crippen molar-refractivity contribution in [2.75, 3.05) is 6.61 Å². The molecule has 0 unspecified atom stereocenters. The summed E-state index contributed by atoms with van der Waals surface area (Å²) in [6.07, 6.45) is 0. The van der Waals surface area contributed by atoms with Gasteiger partial charge in [0.2, 0.25) is 0 Å². The SMILES string of the molecule is CC(C)[C@H](C(=O)O)c1ccc([C@@H](CO)NC(=O)c2cc3c(Cl)c(Cl)ccc3n2C)cc1. The number of hydrogen-bond donors (Lipinski definition) is 3. The number of nitrogens with zero attached hydrogens (tertiary/aromatic N) is 1. The van der Waals surface area contributed by atoms with Crippen molar-refractivity contribution >= 4 is 46.0 Å². The molecule has 3 aromatic rings. The Morgan fingerprint density at radius 1 is 1.06 bits per heavy atom. The molecule has 164 valence electrons. The zero-order valence-corrected chi connectivity index (χ0v) is 18.9. The Labute approximate surface area is 190 Å². The molecule has 0 aliphatic rings. The fourth-order valence-corrected chi connectivity index (χ4v) is 4.16. The number of nitrogens with one attached hydrogen (secondary N) is 1. The van der Waals surface area contributed by atoms with Crippen LogP contribution in [0.4, 0.5) is 0 Å². The molecule has 1 amide bonds. The highest BCUT2D eigenvalue weighted by atomic mass is 35.5. The molecular weight excluding hydrogens is 439 g/mol. The maximum absolute atomic E-state index is 12.9. The number of carbonyl (C=O) groups excluding carboxylic acids is 1. The zero-order valence-electron chi connectivity index (χ0n) is 17.4. The first-order chi connectivity index (χ1) is 14.6. The monoisotopic (exact) mass is 462 g/mol. The number of aliphatic hydroxyl groups excluding tert-OH is 1. The standard InChI is InChI=1S/C23H24Cl2N2O4/c1-12(2)20(23(30)31)14-6-4-13(5-7-14)17(11-28)26-22(29)19-10-15-18(27(19)3)9-8-16(24)21(15)25/h4-10,12,17,20,28H,11H2,1-3H3,(H,26,29)(H,30,31)/t17-,20+/m1/s1. The third-order valence-corrected chi connectivity index (χ3v) is 6.28. The molecule has 3 rings (SSSR count). The van der Waals surface area contributed by atoms with Gasteiger partial charge in [0.25, 0.3) is 5.91 Å². The lowest BCUT2D eigenvalue weighted by Crippen LogP contribution is -2.32. The minimum atomic E-state index is -0.885. The first kappa shape index (κ1) is 23.1. The summed E-state index contributed by atoms with van der Waals surface area (Å²) in [5, 5.41) is 23.6. The molecule has 0 bridgehead atoms. The van der Waals surface area contributed by atoms with Gasteiger partial charge in [-0.2, -0.15) is 0 Å². The summed E-state index contributed by atoms with van der Waals surface area (Å²) in [6, 6.07) is 11.4. The van der Waals surface area contributed by atoms with Crippen LogP contribution in [0.15, 0.2) is 42.5 Å². The quantitative estimate of drug-likeness (QED) is 0.471. The van der Waals surface area contributed by atoms with Gasteiger partial charge in [0.05, 0.1) is 28.6 Å². The highest BCUT2D eigenvalue weighted by Gasteiger charge is 2.24. The van der Waals surface area contributed by atoms with E-state index >= 15 is 0 Å². The fraction of sp³-hybridized carbons (Fsp3) is 0.304. The Kier molecular flexibility index (Phi) is 6.94. The molecule has 6 nitrogen and oxygen atoms in total. The average Bonchev–Trinajstić information content (AvgIpc) is 3.06. The number of carboxylic acids is 1. The average molecular weight is 463 g/mol. The van der Waals surface area contributed by atoms with Crippen molar-refractivity contribution < 1.29 is 19.8 Å². The number of rotatable bonds is 7. The molecule has 0 radical (unpaired) electrons. The maximum Gasteiger partial charge on any atom is 0.311 e. The van der Waals surface area contributed by atoms with Gasteiger partial charge >= 0.3 is 5.97 Å². The van der Waals surface area contributed by atoms with Crippen LogP contribution < -0.4 is 5.32 Å². The molecule has 0 saturated heterocycles. The predicted molar refractivity (Wildman–Crippen MR) is 122 cm³/mol. The van der Waals surface area contributed by atoms with Crippen LogP contribution in [0.1, 0.15) is 47.4 Å². The third-order valence-electron chi connectivity index (χ3n) is 5.46. The van der Waals surface area contributed by atoms with E-state index in [1.165, 1.54) is 0 Å². The van der Waals surface area contributed by atoms with Crippen molar-refractivity contribution in [2.24, 2.45) is 13.0 Å². The molecule has 3 N–H and O–H groups in total. The number of carboxylic acid groups (broad SMARTS) is 1. The van der Waals surface area contributed by atoms with Crippen LogP contribution in [-0.2, 0) is 11.8 Å². The molecule has 0 aliphatic carbocycles. The van der Waals surface area contributed by atoms with Crippen molar-refractivity contribution in [3.8, 4) is 0 Å². The first-order valence-corrected chi connectivity index (χ1v) is 10.6. The minimum absolute atomic E-state index is 0.0662. The summed E-state index contributed by atoms with van der Waals surface area (Å²) in [6.45, 7) is 3.40. The van der Waals surface area contributed by atoms with E-state index in [4.69, 9.17) is 23.2 Å². The molecular formula is C23H24Cl2N2O4. The van der Waals surface area contributed by atoms with Crippen molar-refractivity contribution in [3.05, 3.63) is 69.3 Å². The highest BCUT2D eigenvalue weighted by Crippen LogP contribution is 2.33. The Bertz CT molecular complexity index is 1120. The number of hydrogen-bond acceptors (Lipinski definition) is 3. The second-order valence-electron chi connectivity index (χ2n) is 7.82. The summed E-state index contributed by atoms with van der Waals surface area (Å²) in [5.74, 6) is -1.95. The summed E-state index contributed by atoms with van der Waals surface area (Å²) >= 11 is 12.3. The van der Waals surface area contributed by atoms with Crippen molar-refractivity contribution in [2.45, 2.75) is 25.8 Å². The van der Waals surface area contributed by atoms with Gasteiger partial charge < -0.3 is 20.1 Å². The topological polar surface area (TPSA) is 91.6 Å². The van der Waals surface area contributed by atoms with Gasteiger partial charge in [-0.05, 0) is 35.2 Å². The number of fused-ring (bicyclic) bond motifs is 1. The molecule has 0 aliphatic heterocycles. The Balaban J connectivity index is 1.85. The number of aryl methyl sites for hydroxylation is 1. The largest absolute Gasteiger partial charge is 0.481 e. The van der Waals surface area contributed by atoms with E-state index in [0.717, 1.165) is 5.52 Å². The summed E-state index contributed by atoms with van der Waals surface area (Å²) < 4.78 is 1.71. The van der Waals surface area contributed by atoms with E-state index in [2.05, 4.69) is 5.32 Å². The number of aliphatic hydroxyl groups is 1. The zero-order chi connectivity index (χ0) is 22.9. The number of aliphatic carboxylic acids is 1. The van der Waals surface area contributed by atoms with Gasteiger partial charge in [0.1, 0.15) is 5.69 Å². The Hall–Kier alpha value is -2.54. The highest BCUT2D eigenvalue weighted by molar-refractivity contribution is 6.45. The van der Waals surface area contributed by atoms with Crippen molar-refractivity contribution in [1.82, 2.24) is 9.88 Å². The molecule has 2 atom stereocenters. The van der Waals surface area contributed by atoms with Crippen LogP contribution >= 0.6 is 23.2 Å². The second kappa shape index (κ2) is 9.30. The van der Waals surface area contributed by atoms with Gasteiger partial charge in [-0.25, -0.2) is 0 Å². The summed E-state index contributed by atoms with van der Waals surface area (Å²) in [5.41, 5.74) is 2.49. The fourth-order valence-electron chi connectivity index (χ4n) is 3.78. The van der Waals surface area contributed by atoms with Gasteiger partial charge in [-0.15, -0.1) is 0 Å². The Morgan fingerprint density at radius 3 is 2.23 bits per heavy atom. The van der Waals surface area contributed by atoms with Crippen LogP contribution in [0.2, 0.25) is 10.0 Å². The van der Waals surface area contributed by atoms with E-state index in [1.807, 2.05) is 13.8 Å². The minimum Gasteiger partial charge on any atom is -0.481 e. The van der Waals surface area contributed by atoms with Crippen molar-refractivity contribution in [3.63, 3.8) is 0 Å². The van der Waals surface area contributed by atoms with Crippen LogP contribution in [0.5, 0.6) is 0 Å². The van der Waals surface area contributed by atoms with Gasteiger partial charge in [0, 0.05) is 18.0 Å². The molecule has 31 heavy (non-hydrogen) atoms. The second-order valence-corrected chi connectivity index (χ2v) is 8.60. The molecule has 0 fully saturated rings. The summed E-state index contributed by atoms with van der Waals surface area (Å²) in [4.78, 5) is 24.5. The first-order valence-electron chi connectivity index (χ1n) is 9.83. The van der Waals surface area contributed by atoms with E-state index < -0.39 is 17.9 Å². The maximum atomic E-state index is 12.9. The normalized spacial score (nSPS) is 13.4. The van der Waals surface area contributed by atoms with E-state index in [-0.39, 0.29) is 18.4 Å².